The first-order valence-corrected chi connectivity index (χ1v) is 28.4. The summed E-state index contributed by atoms with van der Waals surface area (Å²) in [4.78, 5) is 20.3. The summed E-state index contributed by atoms with van der Waals surface area (Å²) >= 11 is 1.88. The molecule has 0 aliphatic rings. The first-order valence-electron chi connectivity index (χ1n) is 27.6. The molecule has 0 fully saturated rings. The van der Waals surface area contributed by atoms with Crippen molar-refractivity contribution in [1.82, 2.24) is 19.9 Å². The highest BCUT2D eigenvalue weighted by Crippen LogP contribution is 2.42. The van der Waals surface area contributed by atoms with Gasteiger partial charge in [0.25, 0.3) is 0 Å². The number of para-hydroxylation sites is 4. The summed E-state index contributed by atoms with van der Waals surface area (Å²) in [6, 6.07) is 98.0. The number of thiophene rings is 1. The minimum absolute atomic E-state index is 0.715. The quantitative estimate of drug-likeness (QED) is 0.166. The molecule has 0 amide bonds. The molecule has 382 valence electrons. The van der Waals surface area contributed by atoms with E-state index in [1.807, 2.05) is 72.0 Å². The fraction of sp³-hybridized carbons (Fsp3) is 0. The fourth-order valence-electron chi connectivity index (χ4n) is 11.9. The van der Waals surface area contributed by atoms with Crippen LogP contribution in [0.5, 0.6) is 0 Å². The molecule has 4 aromatic heterocycles. The molecular formula is C76H46N4OS. The lowest BCUT2D eigenvalue weighted by Crippen LogP contribution is -1.95. The van der Waals surface area contributed by atoms with Crippen molar-refractivity contribution in [3.05, 3.63) is 279 Å². The Morgan fingerprint density at radius 2 is 0.854 bits per heavy atom. The Bertz CT molecular complexity index is 5360. The van der Waals surface area contributed by atoms with Crippen molar-refractivity contribution in [3.8, 4) is 67.4 Å². The van der Waals surface area contributed by atoms with Crippen molar-refractivity contribution < 1.29 is 4.42 Å². The Labute approximate surface area is 475 Å². The predicted octanol–water partition coefficient (Wildman–Crippen LogP) is 21.0. The zero-order chi connectivity index (χ0) is 54.1. The number of nitrogens with zero attached hydrogens (tertiary/aromatic N) is 4. The zero-order valence-electron chi connectivity index (χ0n) is 44.2. The van der Waals surface area contributed by atoms with Crippen molar-refractivity contribution in [2.75, 3.05) is 0 Å². The number of aromatic nitrogens is 4. The lowest BCUT2D eigenvalue weighted by atomic mass is 9.94. The van der Waals surface area contributed by atoms with Gasteiger partial charge in [-0.15, -0.1) is 11.3 Å². The van der Waals surface area contributed by atoms with Gasteiger partial charge in [0.2, 0.25) is 0 Å². The van der Waals surface area contributed by atoms with Crippen LogP contribution in [0.3, 0.4) is 0 Å². The third-order valence-corrected chi connectivity index (χ3v) is 17.1. The number of hydrogen-bond donors (Lipinski definition) is 0. The number of benzene rings is 13. The van der Waals surface area contributed by atoms with E-state index in [9.17, 15) is 0 Å². The van der Waals surface area contributed by atoms with E-state index in [2.05, 4.69) is 218 Å². The molecule has 0 bridgehead atoms. The Morgan fingerprint density at radius 3 is 1.70 bits per heavy atom. The second-order valence-corrected chi connectivity index (χ2v) is 21.9. The summed E-state index contributed by atoms with van der Waals surface area (Å²) in [5, 5.41) is 13.4. The molecule has 0 atom stereocenters. The first kappa shape index (κ1) is 47.3. The van der Waals surface area contributed by atoms with Gasteiger partial charge in [-0.25, -0.2) is 19.9 Å². The molecule has 4 heterocycles. The molecule has 0 N–H and O–H groups in total. The maximum atomic E-state index is 6.17. The van der Waals surface area contributed by atoms with E-state index >= 15 is 0 Å². The standard InChI is InChI=1S/C40H24N2O.C36H22N2S/c1-2-10-26-23-28(20-19-25(26)9-1)39-33-13-3-5-17-35(33)41-40(42-39)29-12-7-11-27(24-29)30-15-8-16-32-31(30)21-22-37-38(32)34-14-4-6-18-36(34)43-37;1-2-8-24(9-3-1)34-35(38-32-12-6-5-11-31(32)37-34)25-16-14-23(15-17-25)26-18-20-28-27(22-26)19-21-30-29-10-4-7-13-33(29)39-36(28)30/h1-24H;1-22H. The van der Waals surface area contributed by atoms with Crippen LogP contribution in [-0.4, -0.2) is 19.9 Å². The first-order chi connectivity index (χ1) is 40.6. The third-order valence-electron chi connectivity index (χ3n) is 15.9. The zero-order valence-corrected chi connectivity index (χ0v) is 45.0. The van der Waals surface area contributed by atoms with Gasteiger partial charge in [0.05, 0.1) is 33.6 Å². The largest absolute Gasteiger partial charge is 0.456 e. The van der Waals surface area contributed by atoms with Gasteiger partial charge in [0.1, 0.15) is 11.2 Å². The Kier molecular flexibility index (Phi) is 11.3. The SMILES string of the molecule is c1cc(-c2nc(-c3ccc4ccccc4c3)c3ccccc3n2)cc(-c2cccc3c2ccc2oc4ccccc4c23)c1.c1ccc(-c2nc3ccccc3nc2-c2ccc(-c3ccc4c(ccc5c6ccccc6sc45)c3)cc2)cc1. The van der Waals surface area contributed by atoms with Crippen molar-refractivity contribution in [1.29, 1.82) is 0 Å². The minimum Gasteiger partial charge on any atom is -0.456 e. The highest BCUT2D eigenvalue weighted by Gasteiger charge is 2.18. The molecule has 0 spiro atoms. The molecule has 0 aliphatic carbocycles. The van der Waals surface area contributed by atoms with Crippen LogP contribution >= 0.6 is 11.3 Å². The summed E-state index contributed by atoms with van der Waals surface area (Å²) < 4.78 is 8.87. The van der Waals surface area contributed by atoms with Crippen LogP contribution in [-0.2, 0) is 0 Å². The van der Waals surface area contributed by atoms with Gasteiger partial charge in [-0.05, 0) is 109 Å². The Hall–Kier alpha value is -10.7. The molecule has 17 aromatic rings. The van der Waals surface area contributed by atoms with Crippen LogP contribution in [0.2, 0.25) is 0 Å². The lowest BCUT2D eigenvalue weighted by Gasteiger charge is -2.12. The van der Waals surface area contributed by atoms with Crippen LogP contribution in [0.4, 0.5) is 0 Å². The molecular weight excluding hydrogens is 1020 g/mol. The van der Waals surface area contributed by atoms with E-state index in [-0.39, 0.29) is 0 Å². The molecule has 0 aliphatic heterocycles. The van der Waals surface area contributed by atoms with Crippen molar-refractivity contribution >= 4 is 108 Å². The topological polar surface area (TPSA) is 64.7 Å². The number of hydrogen-bond acceptors (Lipinski definition) is 6. The average molecular weight is 1060 g/mol. The van der Waals surface area contributed by atoms with Gasteiger partial charge in [-0.2, -0.15) is 0 Å². The Balaban J connectivity index is 0.000000136. The van der Waals surface area contributed by atoms with Crippen LogP contribution < -0.4 is 0 Å². The summed E-state index contributed by atoms with van der Waals surface area (Å²) in [5.41, 5.74) is 16.2. The molecule has 5 nitrogen and oxygen atoms in total. The van der Waals surface area contributed by atoms with Gasteiger partial charge < -0.3 is 4.42 Å². The van der Waals surface area contributed by atoms with Crippen LogP contribution in [0.1, 0.15) is 0 Å². The van der Waals surface area contributed by atoms with Crippen molar-refractivity contribution in [2.24, 2.45) is 0 Å². The van der Waals surface area contributed by atoms with Gasteiger partial charge in [0.15, 0.2) is 5.82 Å². The van der Waals surface area contributed by atoms with Gasteiger partial charge in [-0.3, -0.25) is 0 Å². The smallest absolute Gasteiger partial charge is 0.160 e. The van der Waals surface area contributed by atoms with Gasteiger partial charge in [0, 0.05) is 58.6 Å². The molecule has 17 rings (SSSR count). The van der Waals surface area contributed by atoms with Crippen LogP contribution in [0, 0.1) is 0 Å². The predicted molar refractivity (Wildman–Crippen MR) is 344 cm³/mol. The number of fused-ring (bicyclic) bond motifs is 13. The summed E-state index contributed by atoms with van der Waals surface area (Å²) in [5.74, 6) is 0.715. The third kappa shape index (κ3) is 8.23. The average Bonchev–Trinajstić information content (AvgIpc) is 4.20. The minimum atomic E-state index is 0.715. The summed E-state index contributed by atoms with van der Waals surface area (Å²) in [6.07, 6.45) is 0. The molecule has 13 aromatic carbocycles. The Morgan fingerprint density at radius 1 is 0.268 bits per heavy atom. The normalized spacial score (nSPS) is 11.7. The maximum absolute atomic E-state index is 6.17. The van der Waals surface area contributed by atoms with Gasteiger partial charge in [-0.1, -0.05) is 224 Å². The van der Waals surface area contributed by atoms with E-state index in [1.165, 1.54) is 69.2 Å². The summed E-state index contributed by atoms with van der Waals surface area (Å²) in [6.45, 7) is 0. The molecule has 0 unspecified atom stereocenters. The molecule has 6 heteroatoms. The lowest BCUT2D eigenvalue weighted by molar-refractivity contribution is 0.669. The summed E-state index contributed by atoms with van der Waals surface area (Å²) in [7, 11) is 0. The molecule has 82 heavy (non-hydrogen) atoms. The molecule has 0 radical (unpaired) electrons. The highest BCUT2D eigenvalue weighted by molar-refractivity contribution is 7.26. The fourth-order valence-corrected chi connectivity index (χ4v) is 13.2. The van der Waals surface area contributed by atoms with Crippen LogP contribution in [0.15, 0.2) is 283 Å². The highest BCUT2D eigenvalue weighted by atomic mass is 32.1. The van der Waals surface area contributed by atoms with E-state index in [4.69, 9.17) is 24.4 Å². The number of furan rings is 1. The second-order valence-electron chi connectivity index (χ2n) is 20.8. The second kappa shape index (κ2) is 19.6. The van der Waals surface area contributed by atoms with Crippen molar-refractivity contribution in [3.63, 3.8) is 0 Å². The van der Waals surface area contributed by atoms with Gasteiger partial charge >= 0.3 is 0 Å². The number of rotatable bonds is 6. The molecule has 0 saturated carbocycles. The van der Waals surface area contributed by atoms with E-state index < -0.39 is 0 Å². The van der Waals surface area contributed by atoms with E-state index in [0.717, 1.165) is 88.8 Å². The maximum Gasteiger partial charge on any atom is 0.160 e. The van der Waals surface area contributed by atoms with E-state index in [1.54, 1.807) is 0 Å². The van der Waals surface area contributed by atoms with Crippen molar-refractivity contribution in [2.45, 2.75) is 0 Å². The molecule has 0 saturated heterocycles. The van der Waals surface area contributed by atoms with E-state index in [0.29, 0.717) is 5.82 Å². The monoisotopic (exact) mass is 1060 g/mol. The van der Waals surface area contributed by atoms with Crippen LogP contribution in [0.25, 0.3) is 164 Å².